The monoisotopic (exact) mass is 583 g/mol. The average molecular weight is 583 g/mol. The number of aliphatic hydroxyl groups excluding tert-OH is 1. The van der Waals surface area contributed by atoms with Gasteiger partial charge in [0.25, 0.3) is 0 Å². The fraction of sp³-hybridized carbons (Fsp3) is 0.944. The van der Waals surface area contributed by atoms with Crippen molar-refractivity contribution in [3.05, 3.63) is 0 Å². The third-order valence-corrected chi connectivity index (χ3v) is 8.44. The normalized spacial score (nSPS) is 12.8. The van der Waals surface area contributed by atoms with Gasteiger partial charge in [0.2, 0.25) is 0 Å². The molecule has 0 amide bonds. The van der Waals surface area contributed by atoms with Crippen LogP contribution in [-0.4, -0.2) is 36.4 Å². The van der Waals surface area contributed by atoms with Crippen LogP contribution in [0.15, 0.2) is 0 Å². The number of unbranched alkanes of at least 4 members (excludes halogenated alkanes) is 21. The van der Waals surface area contributed by atoms with Crippen molar-refractivity contribution in [1.29, 1.82) is 0 Å². The van der Waals surface area contributed by atoms with Crippen LogP contribution in [0, 0.1) is 5.92 Å². The van der Waals surface area contributed by atoms with Crippen molar-refractivity contribution in [3.63, 3.8) is 0 Å². The Kier molecular flexibility index (Phi) is 31.0. The molecule has 0 aromatic rings. The first-order valence-electron chi connectivity index (χ1n) is 18.0. The van der Waals surface area contributed by atoms with Gasteiger partial charge in [-0.1, -0.05) is 168 Å². The molecule has 0 aromatic carbocycles. The van der Waals surface area contributed by atoms with Gasteiger partial charge in [0.15, 0.2) is 6.10 Å². The van der Waals surface area contributed by atoms with Gasteiger partial charge in [-0.2, -0.15) is 0 Å². The molecule has 0 rings (SSSR count). The van der Waals surface area contributed by atoms with E-state index in [9.17, 15) is 14.7 Å². The van der Waals surface area contributed by atoms with Gasteiger partial charge in [0, 0.05) is 12.8 Å². The van der Waals surface area contributed by atoms with Gasteiger partial charge < -0.3 is 14.6 Å². The molecule has 0 spiro atoms. The Hall–Kier alpha value is -1.10. The van der Waals surface area contributed by atoms with Crippen molar-refractivity contribution >= 4 is 11.9 Å². The molecule has 0 heterocycles. The summed E-state index contributed by atoms with van der Waals surface area (Å²) in [6, 6.07) is 0. The molecule has 0 aliphatic heterocycles. The molecule has 244 valence electrons. The molecule has 0 aliphatic rings. The van der Waals surface area contributed by atoms with Crippen LogP contribution in [-0.2, 0) is 19.1 Å². The predicted molar refractivity (Wildman–Crippen MR) is 173 cm³/mol. The molecule has 0 aromatic heterocycles. The second-order valence-corrected chi connectivity index (χ2v) is 12.6. The first-order chi connectivity index (χ1) is 20.0. The van der Waals surface area contributed by atoms with Crippen molar-refractivity contribution in [2.45, 2.75) is 200 Å². The second kappa shape index (κ2) is 31.8. The number of ether oxygens (including phenoxy) is 2. The SMILES string of the molecule is CCCCCCCCCCCC(=O)OC[C@H](CO)OC(=O)CCCCCCCCCCCCCCCCC(C)CC. The van der Waals surface area contributed by atoms with E-state index in [4.69, 9.17) is 9.47 Å². The van der Waals surface area contributed by atoms with E-state index in [2.05, 4.69) is 20.8 Å². The van der Waals surface area contributed by atoms with Crippen molar-refractivity contribution in [2.24, 2.45) is 5.92 Å². The van der Waals surface area contributed by atoms with Gasteiger partial charge in [0.1, 0.15) is 6.61 Å². The lowest BCUT2D eigenvalue weighted by Gasteiger charge is -2.15. The fourth-order valence-electron chi connectivity index (χ4n) is 5.29. The maximum absolute atomic E-state index is 12.1. The number of carbonyl (C=O) groups excluding carboxylic acids is 2. The van der Waals surface area contributed by atoms with E-state index >= 15 is 0 Å². The molecule has 0 fully saturated rings. The van der Waals surface area contributed by atoms with Crippen LogP contribution >= 0.6 is 0 Å². The zero-order valence-corrected chi connectivity index (χ0v) is 27.7. The van der Waals surface area contributed by atoms with Crippen molar-refractivity contribution < 1.29 is 24.2 Å². The van der Waals surface area contributed by atoms with Crippen LogP contribution in [0.3, 0.4) is 0 Å². The van der Waals surface area contributed by atoms with Crippen molar-refractivity contribution in [2.75, 3.05) is 13.2 Å². The molecule has 5 heteroatoms. The predicted octanol–water partition coefficient (Wildman–Crippen LogP) is 10.6. The summed E-state index contributed by atoms with van der Waals surface area (Å²) in [6.07, 6.45) is 31.5. The van der Waals surface area contributed by atoms with E-state index in [-0.39, 0.29) is 25.2 Å². The van der Waals surface area contributed by atoms with Gasteiger partial charge in [-0.3, -0.25) is 9.59 Å². The van der Waals surface area contributed by atoms with E-state index in [1.165, 1.54) is 122 Å². The highest BCUT2D eigenvalue weighted by Crippen LogP contribution is 2.16. The standard InChI is InChI=1S/C36H70O5/c1-4-6-7-8-9-16-20-23-26-29-35(38)40-32-34(31-37)41-36(39)30-27-24-21-18-15-13-11-10-12-14-17-19-22-25-28-33(3)5-2/h33-34,37H,4-32H2,1-3H3/t33?,34-/m0/s1. The van der Waals surface area contributed by atoms with E-state index < -0.39 is 6.10 Å². The first-order valence-corrected chi connectivity index (χ1v) is 18.0. The highest BCUT2D eigenvalue weighted by Gasteiger charge is 2.16. The Bertz CT molecular complexity index is 564. The molecule has 0 saturated carbocycles. The molecule has 0 saturated heterocycles. The topological polar surface area (TPSA) is 72.8 Å². The van der Waals surface area contributed by atoms with Crippen LogP contribution in [0.2, 0.25) is 0 Å². The molecule has 0 radical (unpaired) electrons. The summed E-state index contributed by atoms with van der Waals surface area (Å²) in [4.78, 5) is 24.1. The minimum absolute atomic E-state index is 0.0586. The minimum atomic E-state index is -0.760. The van der Waals surface area contributed by atoms with E-state index in [0.717, 1.165) is 44.4 Å². The summed E-state index contributed by atoms with van der Waals surface area (Å²) in [7, 11) is 0. The van der Waals surface area contributed by atoms with Crippen LogP contribution in [0.5, 0.6) is 0 Å². The van der Waals surface area contributed by atoms with E-state index in [1.807, 2.05) is 0 Å². The fourth-order valence-corrected chi connectivity index (χ4v) is 5.29. The molecular formula is C36H70O5. The average Bonchev–Trinajstić information content (AvgIpc) is 2.97. The molecule has 2 atom stereocenters. The van der Waals surface area contributed by atoms with Crippen LogP contribution in [0.4, 0.5) is 0 Å². The van der Waals surface area contributed by atoms with E-state index in [0.29, 0.717) is 12.8 Å². The molecule has 41 heavy (non-hydrogen) atoms. The summed E-state index contributed by atoms with van der Waals surface area (Å²) in [6.45, 7) is 6.51. The van der Waals surface area contributed by atoms with Crippen molar-refractivity contribution in [1.82, 2.24) is 0 Å². The number of hydrogen-bond donors (Lipinski definition) is 1. The number of carbonyl (C=O) groups is 2. The molecule has 1 N–H and O–H groups in total. The summed E-state index contributed by atoms with van der Waals surface area (Å²) in [5.41, 5.74) is 0. The third kappa shape index (κ3) is 30.2. The highest BCUT2D eigenvalue weighted by molar-refractivity contribution is 5.70. The Labute approximate surface area is 255 Å². The Morgan fingerprint density at radius 3 is 1.37 bits per heavy atom. The Morgan fingerprint density at radius 1 is 0.561 bits per heavy atom. The number of hydrogen-bond acceptors (Lipinski definition) is 5. The maximum Gasteiger partial charge on any atom is 0.306 e. The Morgan fingerprint density at radius 2 is 0.951 bits per heavy atom. The zero-order chi connectivity index (χ0) is 30.2. The van der Waals surface area contributed by atoms with Crippen molar-refractivity contribution in [3.8, 4) is 0 Å². The third-order valence-electron chi connectivity index (χ3n) is 8.44. The number of rotatable bonds is 32. The molecule has 0 aliphatic carbocycles. The lowest BCUT2D eigenvalue weighted by molar-refractivity contribution is -0.161. The van der Waals surface area contributed by atoms with Gasteiger partial charge >= 0.3 is 11.9 Å². The quantitative estimate of drug-likeness (QED) is 0.0631. The first kappa shape index (κ1) is 39.9. The minimum Gasteiger partial charge on any atom is -0.462 e. The molecule has 0 bridgehead atoms. The largest absolute Gasteiger partial charge is 0.462 e. The summed E-state index contributed by atoms with van der Waals surface area (Å²) in [5, 5.41) is 9.50. The van der Waals surface area contributed by atoms with E-state index in [1.54, 1.807) is 0 Å². The smallest absolute Gasteiger partial charge is 0.306 e. The lowest BCUT2D eigenvalue weighted by Crippen LogP contribution is -2.28. The van der Waals surface area contributed by atoms with Gasteiger partial charge in [-0.05, 0) is 18.8 Å². The summed E-state index contributed by atoms with van der Waals surface area (Å²) < 4.78 is 10.5. The van der Waals surface area contributed by atoms with Crippen LogP contribution in [0.25, 0.3) is 0 Å². The number of aliphatic hydroxyl groups is 1. The molecular weight excluding hydrogens is 512 g/mol. The van der Waals surface area contributed by atoms with Gasteiger partial charge in [0.05, 0.1) is 6.61 Å². The molecule has 1 unspecified atom stereocenters. The summed E-state index contributed by atoms with van der Waals surface area (Å²) >= 11 is 0. The lowest BCUT2D eigenvalue weighted by atomic mass is 9.99. The maximum atomic E-state index is 12.1. The zero-order valence-electron chi connectivity index (χ0n) is 27.7. The molecule has 5 nitrogen and oxygen atoms in total. The summed E-state index contributed by atoms with van der Waals surface area (Å²) in [5.74, 6) is 0.319. The Balaban J connectivity index is 3.50. The van der Waals surface area contributed by atoms with Crippen LogP contribution < -0.4 is 0 Å². The second-order valence-electron chi connectivity index (χ2n) is 12.6. The van der Waals surface area contributed by atoms with Gasteiger partial charge in [-0.25, -0.2) is 0 Å². The number of esters is 2. The van der Waals surface area contributed by atoms with Crippen LogP contribution in [0.1, 0.15) is 194 Å². The van der Waals surface area contributed by atoms with Gasteiger partial charge in [-0.15, -0.1) is 0 Å². The highest BCUT2D eigenvalue weighted by atomic mass is 16.6.